The molecule has 0 fully saturated rings. The summed E-state index contributed by atoms with van der Waals surface area (Å²) < 4.78 is 11.4. The number of rotatable bonds is 2. The van der Waals surface area contributed by atoms with E-state index >= 15 is 0 Å². The van der Waals surface area contributed by atoms with Crippen molar-refractivity contribution in [2.75, 3.05) is 44.3 Å². The van der Waals surface area contributed by atoms with E-state index in [1.54, 1.807) is 4.90 Å². The number of carbonyl (C=O) groups is 1. The van der Waals surface area contributed by atoms with Crippen molar-refractivity contribution in [2.45, 2.75) is 46.1 Å². The van der Waals surface area contributed by atoms with Crippen molar-refractivity contribution in [3.8, 4) is 5.75 Å². The molecule has 1 amide bonds. The average molecular weight is 362 g/mol. The van der Waals surface area contributed by atoms with E-state index in [0.717, 1.165) is 30.8 Å². The quantitative estimate of drug-likeness (QED) is 0.876. The first-order valence-corrected chi connectivity index (χ1v) is 9.42. The second-order valence-corrected chi connectivity index (χ2v) is 8.01. The third kappa shape index (κ3) is 3.90. The molecule has 6 nitrogen and oxygen atoms in total. The van der Waals surface area contributed by atoms with Crippen LogP contribution in [0.1, 0.15) is 37.5 Å². The fourth-order valence-electron chi connectivity index (χ4n) is 3.80. The van der Waals surface area contributed by atoms with Crippen LogP contribution in [0.4, 0.5) is 10.5 Å². The number of nitrogens with zero attached hydrogens (tertiary/aromatic N) is 2. The molecule has 0 saturated carbocycles. The van der Waals surface area contributed by atoms with Gasteiger partial charge in [-0.3, -0.25) is 0 Å². The molecule has 3 rings (SSSR count). The standard InChI is InChI=1S/C20H30N2O4/c1-14-16-6-8-22(19(24)26-20(2,3)4)7-5-15(16)13-17-18(14)21(9-11-23)10-12-25-17/h13,23H,5-12H2,1-4H3. The molecular formula is C20H30N2O4. The minimum absolute atomic E-state index is 0.127. The molecule has 0 atom stereocenters. The smallest absolute Gasteiger partial charge is 0.410 e. The minimum Gasteiger partial charge on any atom is -0.490 e. The SMILES string of the molecule is Cc1c2c(cc3c1N(CCO)CCO3)CCN(C(=O)OC(C)(C)C)CC2. The van der Waals surface area contributed by atoms with Gasteiger partial charge in [0.15, 0.2) is 0 Å². The Kier molecular flexibility index (Phi) is 5.32. The zero-order chi connectivity index (χ0) is 18.9. The zero-order valence-electron chi connectivity index (χ0n) is 16.3. The molecule has 0 saturated heterocycles. The van der Waals surface area contributed by atoms with Crippen LogP contribution >= 0.6 is 0 Å². The molecule has 0 aromatic heterocycles. The fraction of sp³-hybridized carbons (Fsp3) is 0.650. The van der Waals surface area contributed by atoms with E-state index in [1.807, 2.05) is 20.8 Å². The highest BCUT2D eigenvalue weighted by molar-refractivity contribution is 5.71. The lowest BCUT2D eigenvalue weighted by Gasteiger charge is -2.33. The molecule has 6 heteroatoms. The maximum atomic E-state index is 12.4. The van der Waals surface area contributed by atoms with Gasteiger partial charge in [0.05, 0.1) is 18.8 Å². The lowest BCUT2D eigenvalue weighted by atomic mass is 9.94. The van der Waals surface area contributed by atoms with Crippen LogP contribution < -0.4 is 9.64 Å². The topological polar surface area (TPSA) is 62.2 Å². The summed E-state index contributed by atoms with van der Waals surface area (Å²) in [5.41, 5.74) is 4.36. The molecule has 0 aliphatic carbocycles. The summed E-state index contributed by atoms with van der Waals surface area (Å²) in [7, 11) is 0. The lowest BCUT2D eigenvalue weighted by molar-refractivity contribution is 0.0258. The second kappa shape index (κ2) is 7.35. The molecule has 0 spiro atoms. The van der Waals surface area contributed by atoms with Crippen LogP contribution in [0.3, 0.4) is 0 Å². The number of benzene rings is 1. The molecule has 2 aliphatic rings. The third-order valence-electron chi connectivity index (χ3n) is 4.97. The van der Waals surface area contributed by atoms with Gasteiger partial charge in [0.25, 0.3) is 0 Å². The molecule has 26 heavy (non-hydrogen) atoms. The van der Waals surface area contributed by atoms with E-state index in [2.05, 4.69) is 17.9 Å². The molecule has 0 unspecified atom stereocenters. The Hall–Kier alpha value is -1.95. The fourth-order valence-corrected chi connectivity index (χ4v) is 3.80. The van der Waals surface area contributed by atoms with Gasteiger partial charge in [0, 0.05) is 19.6 Å². The predicted molar refractivity (Wildman–Crippen MR) is 101 cm³/mol. The Labute approximate surface area is 155 Å². The summed E-state index contributed by atoms with van der Waals surface area (Å²) in [6, 6.07) is 2.12. The number of aliphatic hydroxyl groups excluding tert-OH is 1. The molecule has 1 aromatic rings. The van der Waals surface area contributed by atoms with E-state index in [4.69, 9.17) is 9.47 Å². The highest BCUT2D eigenvalue weighted by Gasteiger charge is 2.28. The minimum atomic E-state index is -0.482. The average Bonchev–Trinajstić information content (AvgIpc) is 2.76. The van der Waals surface area contributed by atoms with E-state index in [1.165, 1.54) is 16.7 Å². The van der Waals surface area contributed by atoms with E-state index in [9.17, 15) is 9.90 Å². The molecule has 0 radical (unpaired) electrons. The predicted octanol–water partition coefficient (Wildman–Crippen LogP) is 2.52. The van der Waals surface area contributed by atoms with Gasteiger partial charge in [-0.2, -0.15) is 0 Å². The van der Waals surface area contributed by atoms with Crippen molar-refractivity contribution in [3.05, 3.63) is 22.8 Å². The van der Waals surface area contributed by atoms with Crippen LogP contribution in [0.2, 0.25) is 0 Å². The number of hydrogen-bond acceptors (Lipinski definition) is 5. The molecule has 1 N–H and O–H groups in total. The number of aliphatic hydroxyl groups is 1. The maximum Gasteiger partial charge on any atom is 0.410 e. The number of β-amino-alcohol motifs (C(OH)–C–C–N with tert-alkyl or cyclic N) is 1. The number of anilines is 1. The Morgan fingerprint density at radius 1 is 1.27 bits per heavy atom. The van der Waals surface area contributed by atoms with Gasteiger partial charge in [-0.05, 0) is 63.3 Å². The maximum absolute atomic E-state index is 12.4. The van der Waals surface area contributed by atoms with Crippen molar-refractivity contribution in [1.29, 1.82) is 0 Å². The molecule has 1 aromatic carbocycles. The normalized spacial score (nSPS) is 17.1. The molecular weight excluding hydrogens is 332 g/mol. The molecule has 144 valence electrons. The van der Waals surface area contributed by atoms with E-state index in [-0.39, 0.29) is 12.7 Å². The summed E-state index contributed by atoms with van der Waals surface area (Å²) in [6.07, 6.45) is 1.36. The summed E-state index contributed by atoms with van der Waals surface area (Å²) in [5, 5.41) is 9.37. The first-order valence-electron chi connectivity index (χ1n) is 9.42. The van der Waals surface area contributed by atoms with Crippen LogP contribution in [-0.2, 0) is 17.6 Å². The number of ether oxygens (including phenoxy) is 2. The number of carbonyl (C=O) groups excluding carboxylic acids is 1. The van der Waals surface area contributed by atoms with Gasteiger partial charge >= 0.3 is 6.09 Å². The zero-order valence-corrected chi connectivity index (χ0v) is 16.3. The summed E-state index contributed by atoms with van der Waals surface area (Å²) >= 11 is 0. The molecule has 0 bridgehead atoms. The van der Waals surface area contributed by atoms with Gasteiger partial charge in [-0.1, -0.05) is 0 Å². The molecule has 2 aliphatic heterocycles. The highest BCUT2D eigenvalue weighted by atomic mass is 16.6. The van der Waals surface area contributed by atoms with Gasteiger partial charge in [0.1, 0.15) is 18.0 Å². The van der Waals surface area contributed by atoms with Gasteiger partial charge in [-0.15, -0.1) is 0 Å². The Balaban J connectivity index is 1.84. The first kappa shape index (κ1) is 18.8. The Morgan fingerprint density at radius 2 is 2.00 bits per heavy atom. The number of amides is 1. The molecule has 2 heterocycles. The summed E-state index contributed by atoms with van der Waals surface area (Å²) in [4.78, 5) is 16.4. The number of hydrogen-bond donors (Lipinski definition) is 1. The van der Waals surface area contributed by atoms with E-state index in [0.29, 0.717) is 26.2 Å². The Bertz CT molecular complexity index is 681. The lowest BCUT2D eigenvalue weighted by Crippen LogP contribution is -2.38. The van der Waals surface area contributed by atoms with Gasteiger partial charge in [-0.25, -0.2) is 4.79 Å². The largest absolute Gasteiger partial charge is 0.490 e. The van der Waals surface area contributed by atoms with Crippen molar-refractivity contribution in [2.24, 2.45) is 0 Å². The van der Waals surface area contributed by atoms with Crippen LogP contribution in [0, 0.1) is 6.92 Å². The first-order chi connectivity index (χ1) is 12.3. The van der Waals surface area contributed by atoms with Crippen LogP contribution in [-0.4, -0.2) is 61.1 Å². The van der Waals surface area contributed by atoms with E-state index < -0.39 is 5.60 Å². The Morgan fingerprint density at radius 3 is 2.69 bits per heavy atom. The summed E-state index contributed by atoms with van der Waals surface area (Å²) in [6.45, 7) is 11.3. The van der Waals surface area contributed by atoms with Crippen LogP contribution in [0.15, 0.2) is 6.07 Å². The van der Waals surface area contributed by atoms with Crippen LogP contribution in [0.25, 0.3) is 0 Å². The third-order valence-corrected chi connectivity index (χ3v) is 4.97. The monoisotopic (exact) mass is 362 g/mol. The van der Waals surface area contributed by atoms with Gasteiger partial charge in [0.2, 0.25) is 0 Å². The van der Waals surface area contributed by atoms with Crippen molar-refractivity contribution >= 4 is 11.8 Å². The second-order valence-electron chi connectivity index (χ2n) is 8.01. The van der Waals surface area contributed by atoms with Gasteiger partial charge < -0.3 is 24.4 Å². The number of fused-ring (bicyclic) bond motifs is 2. The summed E-state index contributed by atoms with van der Waals surface area (Å²) in [5.74, 6) is 0.895. The van der Waals surface area contributed by atoms with Crippen LogP contribution in [0.5, 0.6) is 5.75 Å². The highest BCUT2D eigenvalue weighted by Crippen LogP contribution is 2.39. The van der Waals surface area contributed by atoms with Crippen molar-refractivity contribution < 1.29 is 19.4 Å². The van der Waals surface area contributed by atoms with Crippen molar-refractivity contribution in [3.63, 3.8) is 0 Å². The van der Waals surface area contributed by atoms with Crippen molar-refractivity contribution in [1.82, 2.24) is 4.90 Å².